The molecule has 3 rings (SSSR count). The summed E-state index contributed by atoms with van der Waals surface area (Å²) in [5.41, 5.74) is 4.67. The number of imidazole rings is 1. The van der Waals surface area contributed by atoms with Gasteiger partial charge < -0.3 is 35.8 Å². The first-order valence-corrected chi connectivity index (χ1v) is 12.6. The maximum atomic E-state index is 12.1. The number of hydrogen-bond acceptors (Lipinski definition) is 13. The van der Waals surface area contributed by atoms with E-state index in [9.17, 15) is 38.7 Å². The molecule has 0 saturated carbocycles. The van der Waals surface area contributed by atoms with E-state index in [0.717, 1.165) is 17.0 Å². The number of amides is 1. The van der Waals surface area contributed by atoms with Crippen molar-refractivity contribution in [2.75, 3.05) is 25.5 Å². The topological polar surface area (TPSA) is 271 Å². The van der Waals surface area contributed by atoms with Gasteiger partial charge in [0.2, 0.25) is 11.9 Å². The van der Waals surface area contributed by atoms with Crippen molar-refractivity contribution < 1.29 is 52.0 Å². The summed E-state index contributed by atoms with van der Waals surface area (Å²) in [6, 6.07) is 0. The SMILES string of the molecule is C=CC(=O)NCCOP(=O)(O)OP(=O)(O)OC[C@H]1O[C@@H](n2cnc3c(=O)[nH]c(N)nc32)[C@H](O)[C@@H]1O. The number of carbonyl (C=O) groups is 1. The molecule has 1 amide bonds. The Morgan fingerprint density at radius 1 is 1.31 bits per heavy atom. The first-order valence-electron chi connectivity index (χ1n) is 9.64. The van der Waals surface area contributed by atoms with E-state index >= 15 is 0 Å². The van der Waals surface area contributed by atoms with Gasteiger partial charge in [-0.1, -0.05) is 6.58 Å². The lowest BCUT2D eigenvalue weighted by Crippen LogP contribution is -2.33. The van der Waals surface area contributed by atoms with Crippen LogP contribution in [0.3, 0.4) is 0 Å². The maximum absolute atomic E-state index is 12.1. The number of fused-ring (bicyclic) bond motifs is 1. The van der Waals surface area contributed by atoms with Gasteiger partial charge in [0.25, 0.3) is 5.56 Å². The Morgan fingerprint density at radius 2 is 2.00 bits per heavy atom. The molecule has 35 heavy (non-hydrogen) atoms. The third-order valence-corrected chi connectivity index (χ3v) is 7.15. The van der Waals surface area contributed by atoms with Crippen LogP contribution in [-0.4, -0.2) is 83.5 Å². The minimum atomic E-state index is -5.23. The summed E-state index contributed by atoms with van der Waals surface area (Å²) in [4.78, 5) is 52.2. The number of phosphoric ester groups is 2. The van der Waals surface area contributed by atoms with Crippen molar-refractivity contribution in [2.24, 2.45) is 0 Å². The second kappa shape index (κ2) is 10.6. The summed E-state index contributed by atoms with van der Waals surface area (Å²) >= 11 is 0. The molecule has 1 saturated heterocycles. The number of ether oxygens (including phenoxy) is 1. The third kappa shape index (κ3) is 6.59. The fraction of sp³-hybridized carbons (Fsp3) is 0.467. The second-order valence-corrected chi connectivity index (χ2v) is 10.0. The van der Waals surface area contributed by atoms with E-state index in [0.29, 0.717) is 0 Å². The van der Waals surface area contributed by atoms with E-state index in [4.69, 9.17) is 10.5 Å². The lowest BCUT2D eigenvalue weighted by Gasteiger charge is -2.19. The van der Waals surface area contributed by atoms with Crippen LogP contribution in [-0.2, 0) is 32.0 Å². The number of nitrogen functional groups attached to an aromatic ring is 1. The zero-order valence-corrected chi connectivity index (χ0v) is 19.4. The Bertz CT molecular complexity index is 1250. The zero-order valence-electron chi connectivity index (χ0n) is 17.7. The summed E-state index contributed by atoms with van der Waals surface area (Å²) in [5, 5.41) is 22.9. The van der Waals surface area contributed by atoms with Gasteiger partial charge in [-0.3, -0.25) is 28.2 Å². The number of phosphoric acid groups is 2. The Hall–Kier alpha value is -2.50. The van der Waals surface area contributed by atoms with Crippen LogP contribution in [0.25, 0.3) is 11.2 Å². The minimum absolute atomic E-state index is 0.0668. The monoisotopic (exact) mass is 540 g/mol. The quantitative estimate of drug-likeness (QED) is 0.0911. The second-order valence-electron chi connectivity index (χ2n) is 6.96. The number of rotatable bonds is 11. The molecule has 194 valence electrons. The van der Waals surface area contributed by atoms with Crippen molar-refractivity contribution in [3.8, 4) is 0 Å². The number of nitrogens with one attached hydrogen (secondary N) is 2. The number of aliphatic hydroxyl groups excluding tert-OH is 2. The van der Waals surface area contributed by atoms with Crippen molar-refractivity contribution >= 4 is 38.7 Å². The molecule has 0 aromatic carbocycles. The predicted octanol–water partition coefficient (Wildman–Crippen LogP) is -2.13. The fourth-order valence-electron chi connectivity index (χ4n) is 2.98. The highest BCUT2D eigenvalue weighted by atomic mass is 31.3. The summed E-state index contributed by atoms with van der Waals surface area (Å²) in [6.07, 6.45) is -4.01. The van der Waals surface area contributed by atoms with Crippen molar-refractivity contribution in [3.63, 3.8) is 0 Å². The van der Waals surface area contributed by atoms with Crippen LogP contribution >= 0.6 is 15.6 Å². The smallest absolute Gasteiger partial charge is 0.387 e. The molecule has 20 heteroatoms. The average Bonchev–Trinajstić information content (AvgIpc) is 3.30. The molecule has 2 aromatic rings. The number of aliphatic hydroxyl groups is 2. The number of aromatic amines is 1. The standard InChI is InChI=1S/C15H22N6O12P2/c1-2-8(22)17-3-4-30-34(26,27)33-35(28,29)31-5-7-10(23)11(24)14(32-7)21-6-18-9-12(21)19-15(16)20-13(9)25/h2,6-7,10-11,14,23-24H,1,3-5H2,(H,17,22)(H,26,27)(H,28,29)(H3,16,19,20,25)/t7-,10-,11-,14-/m1/s1. The van der Waals surface area contributed by atoms with E-state index in [-0.39, 0.29) is 23.7 Å². The molecule has 1 aliphatic heterocycles. The summed E-state index contributed by atoms with van der Waals surface area (Å²) in [7, 11) is -10.3. The first-order chi connectivity index (χ1) is 16.3. The van der Waals surface area contributed by atoms with Gasteiger partial charge in [-0.25, -0.2) is 14.1 Å². The number of carbonyl (C=O) groups excluding carboxylic acids is 1. The minimum Gasteiger partial charge on any atom is -0.387 e. The largest absolute Gasteiger partial charge is 0.481 e. The third-order valence-electron chi connectivity index (χ3n) is 4.51. The van der Waals surface area contributed by atoms with E-state index in [1.165, 1.54) is 0 Å². The number of anilines is 1. The lowest BCUT2D eigenvalue weighted by atomic mass is 10.1. The van der Waals surface area contributed by atoms with Crippen molar-refractivity contribution in [1.29, 1.82) is 0 Å². The van der Waals surface area contributed by atoms with Crippen LogP contribution in [0.5, 0.6) is 0 Å². The molecule has 1 fully saturated rings. The van der Waals surface area contributed by atoms with Gasteiger partial charge in [0.15, 0.2) is 17.4 Å². The highest BCUT2D eigenvalue weighted by Crippen LogP contribution is 2.60. The Labute approximate surface area is 195 Å². The molecule has 18 nitrogen and oxygen atoms in total. The molecule has 6 atom stereocenters. The van der Waals surface area contributed by atoms with Gasteiger partial charge in [-0.15, -0.1) is 0 Å². The number of nitrogens with two attached hydrogens (primary N) is 1. The van der Waals surface area contributed by atoms with Gasteiger partial charge in [-0.05, 0) is 6.08 Å². The van der Waals surface area contributed by atoms with Crippen molar-refractivity contribution in [1.82, 2.24) is 24.8 Å². The highest BCUT2D eigenvalue weighted by molar-refractivity contribution is 7.61. The van der Waals surface area contributed by atoms with Crippen LogP contribution in [0.4, 0.5) is 5.95 Å². The Balaban J connectivity index is 1.60. The van der Waals surface area contributed by atoms with Gasteiger partial charge in [0.05, 0.1) is 19.5 Å². The Kier molecular flexibility index (Phi) is 8.23. The van der Waals surface area contributed by atoms with Gasteiger partial charge in [0, 0.05) is 6.54 Å². The average molecular weight is 540 g/mol. The number of nitrogens with zero attached hydrogens (tertiary/aromatic N) is 3. The van der Waals surface area contributed by atoms with Crippen LogP contribution < -0.4 is 16.6 Å². The fourth-order valence-corrected chi connectivity index (χ4v) is 5.06. The number of hydrogen-bond donors (Lipinski definition) is 7. The Morgan fingerprint density at radius 3 is 2.69 bits per heavy atom. The molecule has 0 spiro atoms. The molecule has 2 unspecified atom stereocenters. The number of H-pyrrole nitrogens is 1. The maximum Gasteiger partial charge on any atom is 0.481 e. The summed E-state index contributed by atoms with van der Waals surface area (Å²) in [6.45, 7) is 1.55. The number of aromatic nitrogens is 4. The lowest BCUT2D eigenvalue weighted by molar-refractivity contribution is -0.116. The first kappa shape index (κ1) is 27.1. The van der Waals surface area contributed by atoms with Crippen molar-refractivity contribution in [2.45, 2.75) is 24.5 Å². The van der Waals surface area contributed by atoms with E-state index in [1.807, 2.05) is 0 Å². The van der Waals surface area contributed by atoms with E-state index in [1.54, 1.807) is 0 Å². The summed E-state index contributed by atoms with van der Waals surface area (Å²) in [5.74, 6) is -0.821. The molecule has 0 bridgehead atoms. The molecule has 8 N–H and O–H groups in total. The van der Waals surface area contributed by atoms with Crippen LogP contribution in [0.1, 0.15) is 6.23 Å². The van der Waals surface area contributed by atoms with E-state index < -0.39 is 64.9 Å². The molecule has 0 aliphatic carbocycles. The van der Waals surface area contributed by atoms with Crippen molar-refractivity contribution in [3.05, 3.63) is 29.3 Å². The van der Waals surface area contributed by atoms with Gasteiger partial charge in [-0.2, -0.15) is 9.29 Å². The molecule has 1 aliphatic rings. The molecular formula is C15H22N6O12P2. The zero-order chi connectivity index (χ0) is 26.0. The molecule has 0 radical (unpaired) electrons. The normalized spacial score (nSPS) is 25.7. The molecule has 3 heterocycles. The van der Waals surface area contributed by atoms with Crippen LogP contribution in [0.2, 0.25) is 0 Å². The molecule has 2 aromatic heterocycles. The predicted molar refractivity (Wildman–Crippen MR) is 114 cm³/mol. The summed E-state index contributed by atoms with van der Waals surface area (Å²) < 4.78 is 43.7. The van der Waals surface area contributed by atoms with Crippen LogP contribution in [0.15, 0.2) is 23.8 Å². The highest BCUT2D eigenvalue weighted by Gasteiger charge is 2.46. The van der Waals surface area contributed by atoms with E-state index in [2.05, 4.69) is 40.2 Å². The van der Waals surface area contributed by atoms with Gasteiger partial charge in [0.1, 0.15) is 18.3 Å². The van der Waals surface area contributed by atoms with Gasteiger partial charge >= 0.3 is 15.6 Å². The molecular weight excluding hydrogens is 518 g/mol. The van der Waals surface area contributed by atoms with Crippen LogP contribution in [0, 0.1) is 0 Å².